The second kappa shape index (κ2) is 21.4. The van der Waals surface area contributed by atoms with Crippen molar-refractivity contribution in [3.63, 3.8) is 0 Å². The molecule has 0 amide bonds. The van der Waals surface area contributed by atoms with Crippen molar-refractivity contribution in [1.82, 2.24) is 9.47 Å². The monoisotopic (exact) mass is 1070 g/mol. The van der Waals surface area contributed by atoms with Gasteiger partial charge in [0.1, 0.15) is 23.6 Å². The third-order valence-electron chi connectivity index (χ3n) is 17.6. The Kier molecular flexibility index (Phi) is 13.4. The summed E-state index contributed by atoms with van der Waals surface area (Å²) >= 11 is 0. The first-order chi connectivity index (χ1) is 39.9. The fourth-order valence-electron chi connectivity index (χ4n) is 13.7. The number of halogens is 4. The maximum Gasteiger partial charge on any atom is 0.147 e. The van der Waals surface area contributed by atoms with Crippen LogP contribution in [0.15, 0.2) is 259 Å². The van der Waals surface area contributed by atoms with Crippen LogP contribution >= 0.6 is 0 Å². The van der Waals surface area contributed by atoms with E-state index in [4.69, 9.17) is 0 Å². The largest absolute Gasteiger partial charge is 0.313 e. The lowest BCUT2D eigenvalue weighted by molar-refractivity contribution is 0.282. The third-order valence-corrected chi connectivity index (χ3v) is 17.6. The molecular weight excluding hydrogens is 1010 g/mol. The van der Waals surface area contributed by atoms with Gasteiger partial charge in [-0.25, -0.2) is 17.6 Å². The minimum atomic E-state index is -1.14. The van der Waals surface area contributed by atoms with E-state index in [0.29, 0.717) is 49.2 Å². The quantitative estimate of drug-likeness (QED) is 0.120. The van der Waals surface area contributed by atoms with E-state index >= 15 is 17.6 Å². The zero-order chi connectivity index (χ0) is 54.6. The van der Waals surface area contributed by atoms with Gasteiger partial charge in [-0.3, -0.25) is 0 Å². The molecule has 0 aliphatic heterocycles. The summed E-state index contributed by atoms with van der Waals surface area (Å²) in [6.07, 6.45) is 35.8. The Hall–Kier alpha value is -8.68. The fraction of sp³-hybridized carbons (Fsp3) is 0.189. The van der Waals surface area contributed by atoms with Gasteiger partial charge >= 0.3 is 0 Å². The second-order valence-electron chi connectivity index (χ2n) is 22.3. The van der Waals surface area contributed by atoms with Crippen molar-refractivity contribution in [2.45, 2.75) is 76.3 Å². The highest BCUT2D eigenvalue weighted by Gasteiger charge is 2.34. The molecule has 4 unspecified atom stereocenters. The molecule has 7 aliphatic rings. The molecule has 6 aromatic carbocycles. The van der Waals surface area contributed by atoms with Gasteiger partial charge in [-0.05, 0) is 180 Å². The lowest BCUT2D eigenvalue weighted by atomic mass is 9.69. The molecule has 0 saturated carbocycles. The Morgan fingerprint density at radius 2 is 1.21 bits per heavy atom. The summed E-state index contributed by atoms with van der Waals surface area (Å²) in [5.41, 5.74) is 15.5. The number of nitrogens with zero attached hydrogens (tertiary/aromatic N) is 3. The van der Waals surface area contributed by atoms with Crippen LogP contribution in [0.3, 0.4) is 0 Å². The van der Waals surface area contributed by atoms with Crippen molar-refractivity contribution in [2.75, 3.05) is 4.90 Å². The number of hydrogen-bond acceptors (Lipinski definition) is 2. The molecule has 0 fully saturated rings. The summed E-state index contributed by atoms with van der Waals surface area (Å²) in [5.74, 6) is -0.609. The van der Waals surface area contributed by atoms with Crippen molar-refractivity contribution < 1.29 is 17.6 Å². The van der Waals surface area contributed by atoms with Crippen molar-refractivity contribution in [3.8, 4) is 0 Å². The number of allylic oxidation sites excluding steroid dienone is 20. The van der Waals surface area contributed by atoms with Crippen LogP contribution in [0.4, 0.5) is 28.9 Å². The van der Waals surface area contributed by atoms with Gasteiger partial charge in [-0.1, -0.05) is 152 Å². The van der Waals surface area contributed by atoms with Crippen molar-refractivity contribution in [1.29, 1.82) is 0 Å². The first-order valence-corrected chi connectivity index (χ1v) is 28.9. The lowest BCUT2D eigenvalue weighted by Gasteiger charge is -2.36. The first-order valence-electron chi connectivity index (χ1n) is 28.9. The average molecular weight is 1070 g/mol. The summed E-state index contributed by atoms with van der Waals surface area (Å²) in [4.78, 5) is 3.55. The highest BCUT2D eigenvalue weighted by molar-refractivity contribution is 6.11. The van der Waals surface area contributed by atoms with E-state index in [9.17, 15) is 0 Å². The Labute approximate surface area is 470 Å². The van der Waals surface area contributed by atoms with Crippen LogP contribution in [0.1, 0.15) is 86.8 Å². The van der Waals surface area contributed by atoms with Crippen LogP contribution in [0.25, 0.3) is 44.2 Å². The zero-order valence-electron chi connectivity index (χ0n) is 45.1. The summed E-state index contributed by atoms with van der Waals surface area (Å²) in [6.45, 7) is 0. The smallest absolute Gasteiger partial charge is 0.147 e. The topological polar surface area (TPSA) is 11.4 Å². The first kappa shape index (κ1) is 50.5. The zero-order valence-corrected chi connectivity index (χ0v) is 45.1. The number of para-hydroxylation sites is 2. The molecule has 7 heteroatoms. The van der Waals surface area contributed by atoms with Crippen LogP contribution in [-0.4, -0.2) is 15.6 Å². The second-order valence-corrected chi connectivity index (χ2v) is 22.3. The van der Waals surface area contributed by atoms with Crippen LogP contribution < -0.4 is 15.3 Å². The Balaban J connectivity index is 0.868. The lowest BCUT2D eigenvalue weighted by Crippen LogP contribution is -2.40. The van der Waals surface area contributed by atoms with Crippen LogP contribution in [-0.2, 0) is 0 Å². The molecule has 81 heavy (non-hydrogen) atoms. The Morgan fingerprint density at radius 3 is 1.89 bits per heavy atom. The van der Waals surface area contributed by atoms with Gasteiger partial charge in [0.15, 0.2) is 0 Å². The summed E-state index contributed by atoms with van der Waals surface area (Å²) in [7, 11) is 0. The summed E-state index contributed by atoms with van der Waals surface area (Å²) < 4.78 is 65.0. The van der Waals surface area contributed by atoms with E-state index in [-0.39, 0.29) is 35.0 Å². The summed E-state index contributed by atoms with van der Waals surface area (Å²) in [5, 5.41) is 4.90. The minimum Gasteiger partial charge on any atom is -0.313 e. The van der Waals surface area contributed by atoms with E-state index < -0.39 is 17.8 Å². The molecule has 7 aromatic rings. The van der Waals surface area contributed by atoms with Gasteiger partial charge in [-0.15, -0.1) is 0 Å². The standard InChI is InChI=1S/C74H61F4N3/c75-63-22-8-12-26-69(63)80(70-27-13-9-23-64(70)76)55-38-30-48(31-39-55)52-36-44-67-61(46-52)62-47-53(49-32-40-56(41-33-49)81(71-28-14-10-24-65(71)77)72-29-15-11-25-66(72)78)37-45-68(62)79(67)54-42-34-51(35-43-54)74-59-20-6-4-18-57(59)73(50-16-2-1-3-17-50)58-19-5-7-21-60(58)74/h1-9,12-14,16-23,26-30,32,34,36-40,42,44-48,57,59,66H,10-11,15,24-25,31,33,35,41,43H2. The molecule has 0 saturated heterocycles. The van der Waals surface area contributed by atoms with Gasteiger partial charge in [0.2, 0.25) is 0 Å². The molecule has 0 radical (unpaired) electrons. The van der Waals surface area contributed by atoms with E-state index in [0.717, 1.165) is 70.7 Å². The maximum absolute atomic E-state index is 15.8. The number of fused-ring (bicyclic) bond motifs is 5. The van der Waals surface area contributed by atoms with E-state index in [1.165, 1.54) is 56.1 Å². The molecule has 0 spiro atoms. The third kappa shape index (κ3) is 9.17. The molecule has 0 N–H and O–H groups in total. The van der Waals surface area contributed by atoms with Gasteiger partial charge in [0.05, 0.1) is 33.8 Å². The molecule has 0 bridgehead atoms. The number of anilines is 2. The predicted molar refractivity (Wildman–Crippen MR) is 324 cm³/mol. The molecule has 7 aliphatic carbocycles. The SMILES string of the molecule is FC1=C(N(C2=CC=C(c3ccc4c(c3)c3cc(C5C=CC(N(c6ccccc6F)c6ccccc6F)=CC5)ccc3n4C3=CC=C(C4=c5ccccc5=C(c5ccccc5)C5C=CC=CC45)CC3)CC2)C2=CCCCC2F)C=CCC1. The maximum atomic E-state index is 15.8. The van der Waals surface area contributed by atoms with Crippen LogP contribution in [0.5, 0.6) is 0 Å². The van der Waals surface area contributed by atoms with E-state index in [2.05, 4.69) is 156 Å². The Bertz CT molecular complexity index is 4160. The highest BCUT2D eigenvalue weighted by Crippen LogP contribution is 2.46. The predicted octanol–water partition coefficient (Wildman–Crippen LogP) is 18.1. The van der Waals surface area contributed by atoms with E-state index in [1.54, 1.807) is 41.3 Å². The average Bonchev–Trinajstić information content (AvgIpc) is 4.03. The number of rotatable bonds is 11. The fourth-order valence-corrected chi connectivity index (χ4v) is 13.7. The molecule has 14 rings (SSSR count). The van der Waals surface area contributed by atoms with Gasteiger partial charge < -0.3 is 14.4 Å². The van der Waals surface area contributed by atoms with Crippen LogP contribution in [0, 0.1) is 23.5 Å². The molecule has 4 atom stereocenters. The van der Waals surface area contributed by atoms with Crippen molar-refractivity contribution in [2.24, 2.45) is 11.8 Å². The number of hydrogen-bond donors (Lipinski definition) is 0. The van der Waals surface area contributed by atoms with Gasteiger partial charge in [0.25, 0.3) is 0 Å². The van der Waals surface area contributed by atoms with Crippen LogP contribution in [0.2, 0.25) is 0 Å². The molecule has 3 nitrogen and oxygen atoms in total. The molecule has 1 aromatic heterocycles. The molecule has 1 heterocycles. The minimum absolute atomic E-state index is 0.0134. The molecular formula is C74H61F4N3. The van der Waals surface area contributed by atoms with Gasteiger partial charge in [-0.2, -0.15) is 0 Å². The number of alkyl halides is 1. The molecule has 400 valence electrons. The highest BCUT2D eigenvalue weighted by atomic mass is 19.1. The normalized spacial score (nSPS) is 21.5. The Morgan fingerprint density at radius 1 is 0.531 bits per heavy atom. The van der Waals surface area contributed by atoms with Crippen molar-refractivity contribution in [3.05, 3.63) is 298 Å². The van der Waals surface area contributed by atoms with Crippen molar-refractivity contribution >= 4 is 55.6 Å². The van der Waals surface area contributed by atoms with Gasteiger partial charge in [0, 0.05) is 52.0 Å². The number of benzene rings is 6. The van der Waals surface area contributed by atoms with E-state index in [1.807, 2.05) is 29.2 Å². The summed E-state index contributed by atoms with van der Waals surface area (Å²) in [6, 6.07) is 46.6. The number of aromatic nitrogens is 1.